The molecule has 1 aliphatic rings. The maximum atomic E-state index is 11.4. The van der Waals surface area contributed by atoms with Crippen molar-refractivity contribution >= 4 is 39.8 Å². The van der Waals surface area contributed by atoms with Crippen molar-refractivity contribution in [2.75, 3.05) is 18.4 Å². The maximum Gasteiger partial charge on any atom is 0.227 e. The Kier molecular flexibility index (Phi) is 7.29. The summed E-state index contributed by atoms with van der Waals surface area (Å²) in [5, 5.41) is 24.0. The number of β-amino-alcohol motifs (C(OH)–C–C–N with tert-alkyl or cyclic N) is 1. The van der Waals surface area contributed by atoms with Crippen molar-refractivity contribution in [3.8, 4) is 28.7 Å². The number of aliphatic hydroxyl groups is 1. The van der Waals surface area contributed by atoms with E-state index in [4.69, 9.17) is 9.40 Å². The average Bonchev–Trinajstić information content (AvgIpc) is 3.67. The van der Waals surface area contributed by atoms with Gasteiger partial charge in [0.15, 0.2) is 11.4 Å². The van der Waals surface area contributed by atoms with Crippen LogP contribution in [0.25, 0.3) is 44.6 Å². The zero-order chi connectivity index (χ0) is 31.1. The van der Waals surface area contributed by atoms with Crippen LogP contribution < -0.4 is 5.32 Å². The molecule has 0 aliphatic carbocycles. The number of rotatable bonds is 7. The van der Waals surface area contributed by atoms with Crippen molar-refractivity contribution in [2.24, 2.45) is 0 Å². The molecule has 0 saturated carbocycles. The number of benzene rings is 3. The first kappa shape index (κ1) is 28.3. The first-order valence-corrected chi connectivity index (χ1v) is 14.8. The van der Waals surface area contributed by atoms with Gasteiger partial charge in [-0.05, 0) is 84.5 Å². The number of likely N-dealkylation sites (tertiary alicyclic amines) is 1. The Morgan fingerprint density at radius 3 is 2.64 bits per heavy atom. The van der Waals surface area contributed by atoms with Gasteiger partial charge in [-0.15, -0.1) is 0 Å². The van der Waals surface area contributed by atoms with Crippen LogP contribution in [-0.4, -0.2) is 50.4 Å². The third-order valence-electron chi connectivity index (χ3n) is 8.52. The van der Waals surface area contributed by atoms with E-state index >= 15 is 0 Å². The fourth-order valence-electron chi connectivity index (χ4n) is 6.17. The van der Waals surface area contributed by atoms with Crippen LogP contribution in [0.3, 0.4) is 0 Å². The molecule has 0 amide bonds. The molecule has 0 unspecified atom stereocenters. The first-order chi connectivity index (χ1) is 21.9. The number of nitriles is 1. The molecule has 9 heteroatoms. The molecule has 0 spiro atoms. The van der Waals surface area contributed by atoms with Crippen molar-refractivity contribution in [2.45, 2.75) is 32.9 Å². The Labute approximate surface area is 259 Å². The molecule has 7 rings (SSSR count). The smallest absolute Gasteiger partial charge is 0.227 e. The van der Waals surface area contributed by atoms with Crippen LogP contribution in [0.15, 0.2) is 77.5 Å². The van der Waals surface area contributed by atoms with Gasteiger partial charge in [0.1, 0.15) is 23.4 Å². The quantitative estimate of drug-likeness (QED) is 0.194. The van der Waals surface area contributed by atoms with Crippen LogP contribution in [-0.2, 0) is 6.54 Å². The molecular weight excluding hydrogens is 564 g/mol. The second-order valence-corrected chi connectivity index (χ2v) is 11.5. The zero-order valence-electron chi connectivity index (χ0n) is 24.9. The molecular formula is C36H30N6O3. The summed E-state index contributed by atoms with van der Waals surface area (Å²) in [6.07, 6.45) is 4.95. The summed E-state index contributed by atoms with van der Waals surface area (Å²) < 4.78 is 6.08. The number of hydrogen-bond donors (Lipinski definition) is 2. The summed E-state index contributed by atoms with van der Waals surface area (Å²) >= 11 is 0. The van der Waals surface area contributed by atoms with Crippen LogP contribution in [0.4, 0.5) is 11.5 Å². The summed E-state index contributed by atoms with van der Waals surface area (Å²) in [6.45, 7) is 6.44. The number of aromatic nitrogens is 3. The Balaban J connectivity index is 1.21. The number of carbonyl (C=O) groups is 1. The van der Waals surface area contributed by atoms with Gasteiger partial charge < -0.3 is 14.8 Å². The van der Waals surface area contributed by atoms with E-state index in [1.165, 1.54) is 6.07 Å². The van der Waals surface area contributed by atoms with Gasteiger partial charge in [-0.3, -0.25) is 14.7 Å². The lowest BCUT2D eigenvalue weighted by atomic mass is 9.93. The van der Waals surface area contributed by atoms with Crippen molar-refractivity contribution < 1.29 is 14.3 Å². The van der Waals surface area contributed by atoms with E-state index in [1.807, 2.05) is 43.5 Å². The van der Waals surface area contributed by atoms with E-state index < -0.39 is 0 Å². The lowest BCUT2D eigenvalue weighted by molar-refractivity contribution is 0.112. The van der Waals surface area contributed by atoms with Gasteiger partial charge in [0.05, 0.1) is 11.7 Å². The van der Waals surface area contributed by atoms with Crippen LogP contribution >= 0.6 is 0 Å². The molecule has 1 fully saturated rings. The maximum absolute atomic E-state index is 11.4. The van der Waals surface area contributed by atoms with Crippen molar-refractivity contribution in [3.05, 3.63) is 101 Å². The zero-order valence-corrected chi connectivity index (χ0v) is 24.9. The number of aliphatic hydroxyl groups excluding tert-OH is 1. The fraction of sp³-hybridized carbons (Fsp3) is 0.194. The molecule has 0 radical (unpaired) electrons. The second kappa shape index (κ2) is 11.6. The van der Waals surface area contributed by atoms with E-state index in [1.54, 1.807) is 12.3 Å². The number of nitrogens with one attached hydrogen (secondary N) is 1. The van der Waals surface area contributed by atoms with Gasteiger partial charge >= 0.3 is 0 Å². The minimum Gasteiger partial charge on any atom is -0.435 e. The van der Waals surface area contributed by atoms with Gasteiger partial charge in [-0.2, -0.15) is 5.26 Å². The number of oxazole rings is 1. The molecule has 6 aromatic rings. The molecule has 45 heavy (non-hydrogen) atoms. The van der Waals surface area contributed by atoms with Gasteiger partial charge in [-0.25, -0.2) is 9.97 Å². The average molecular weight is 595 g/mol. The molecule has 3 aromatic carbocycles. The number of pyridine rings is 2. The molecule has 3 aromatic heterocycles. The third-order valence-corrected chi connectivity index (χ3v) is 8.52. The number of carbonyl (C=O) groups excluding carboxylic acids is 1. The molecule has 1 atom stereocenters. The van der Waals surface area contributed by atoms with Gasteiger partial charge in [-0.1, -0.05) is 24.3 Å². The number of nitrogens with zero attached hydrogens (tertiary/aromatic N) is 5. The molecule has 9 nitrogen and oxygen atoms in total. The summed E-state index contributed by atoms with van der Waals surface area (Å²) in [6, 6.07) is 21.5. The van der Waals surface area contributed by atoms with E-state index in [-0.39, 0.29) is 11.7 Å². The Morgan fingerprint density at radius 1 is 1.07 bits per heavy atom. The standard InChI is InChI=1S/C36H30N6O3/c1-21-28(5-3-7-30(21)36-41-32-15-23(20-43)13-26(16-37)34(32)45-36)29-6-4-8-31(22(29)2)40-35-33-25(9-11-38-35)14-24(17-39-33)18-42-12-10-27(44)19-42/h3-9,11,13-15,17,20,27,44H,10,12,18-19H2,1-2H3,(H,38,40)/t27-/m1/s1. The summed E-state index contributed by atoms with van der Waals surface area (Å²) in [5.74, 6) is 1.07. The van der Waals surface area contributed by atoms with Gasteiger partial charge in [0, 0.05) is 54.2 Å². The highest BCUT2D eigenvalue weighted by Gasteiger charge is 2.21. The van der Waals surface area contributed by atoms with Gasteiger partial charge in [0.2, 0.25) is 5.89 Å². The molecule has 0 bridgehead atoms. The third kappa shape index (κ3) is 5.31. The SMILES string of the molecule is Cc1c(Nc2nccc3cc(CN4CC[C@@H](O)C4)cnc23)cccc1-c1cccc(-c2nc3cc(C=O)cc(C#N)c3o2)c1C. The highest BCUT2D eigenvalue weighted by molar-refractivity contribution is 5.92. The first-order valence-electron chi connectivity index (χ1n) is 14.8. The molecule has 1 aliphatic heterocycles. The Hall–Kier alpha value is -5.43. The molecule has 2 N–H and O–H groups in total. The molecule has 1 saturated heterocycles. The minimum atomic E-state index is -0.249. The number of aldehydes is 1. The van der Waals surface area contributed by atoms with Crippen molar-refractivity contribution in [3.63, 3.8) is 0 Å². The lowest BCUT2D eigenvalue weighted by Crippen LogP contribution is -2.21. The summed E-state index contributed by atoms with van der Waals surface area (Å²) in [7, 11) is 0. The normalized spacial score (nSPS) is 15.0. The van der Waals surface area contributed by atoms with Crippen LogP contribution in [0.5, 0.6) is 0 Å². The summed E-state index contributed by atoms with van der Waals surface area (Å²) in [5.41, 5.74) is 9.17. The number of fused-ring (bicyclic) bond motifs is 2. The summed E-state index contributed by atoms with van der Waals surface area (Å²) in [4.78, 5) is 27.7. The van der Waals surface area contributed by atoms with Crippen molar-refractivity contribution in [1.82, 2.24) is 19.9 Å². The topological polar surface area (TPSA) is 128 Å². The lowest BCUT2D eigenvalue weighted by Gasteiger charge is -2.17. The van der Waals surface area contributed by atoms with E-state index in [9.17, 15) is 15.2 Å². The molecule has 222 valence electrons. The fourth-order valence-corrected chi connectivity index (χ4v) is 6.17. The van der Waals surface area contributed by atoms with Gasteiger partial charge in [0.25, 0.3) is 0 Å². The monoisotopic (exact) mass is 594 g/mol. The van der Waals surface area contributed by atoms with E-state index in [0.717, 1.165) is 69.5 Å². The highest BCUT2D eigenvalue weighted by atomic mass is 16.3. The number of anilines is 2. The van der Waals surface area contributed by atoms with Crippen LogP contribution in [0.1, 0.15) is 39.0 Å². The number of hydrogen-bond acceptors (Lipinski definition) is 9. The largest absolute Gasteiger partial charge is 0.435 e. The Morgan fingerprint density at radius 2 is 1.87 bits per heavy atom. The predicted octanol–water partition coefficient (Wildman–Crippen LogP) is 6.72. The molecule has 4 heterocycles. The Bertz CT molecular complexity index is 2150. The second-order valence-electron chi connectivity index (χ2n) is 11.5. The van der Waals surface area contributed by atoms with E-state index in [2.05, 4.69) is 51.4 Å². The minimum absolute atomic E-state index is 0.249. The van der Waals surface area contributed by atoms with E-state index in [0.29, 0.717) is 41.2 Å². The highest BCUT2D eigenvalue weighted by Crippen LogP contribution is 2.37. The van der Waals surface area contributed by atoms with Crippen LogP contribution in [0, 0.1) is 25.2 Å². The predicted molar refractivity (Wildman–Crippen MR) is 173 cm³/mol. The van der Waals surface area contributed by atoms with Crippen molar-refractivity contribution in [1.29, 1.82) is 5.26 Å². The van der Waals surface area contributed by atoms with Crippen LogP contribution in [0.2, 0.25) is 0 Å².